The summed E-state index contributed by atoms with van der Waals surface area (Å²) in [6, 6.07) is 2.66. The van der Waals surface area contributed by atoms with E-state index in [1.54, 1.807) is 18.2 Å². The lowest BCUT2D eigenvalue weighted by Gasteiger charge is -2.28. The van der Waals surface area contributed by atoms with E-state index in [0.29, 0.717) is 30.1 Å². The summed E-state index contributed by atoms with van der Waals surface area (Å²) in [4.78, 5) is 27.4. The zero-order valence-corrected chi connectivity index (χ0v) is 19.0. The number of hydrogen-bond donors (Lipinski definition) is 3. The van der Waals surface area contributed by atoms with Gasteiger partial charge in [0.25, 0.3) is 6.43 Å². The van der Waals surface area contributed by atoms with Crippen LogP contribution in [0.15, 0.2) is 18.2 Å². The molecule has 1 aromatic carbocycles. The fourth-order valence-electron chi connectivity index (χ4n) is 4.81. The highest BCUT2D eigenvalue weighted by molar-refractivity contribution is 6.30. The molecule has 1 saturated carbocycles. The largest absolute Gasteiger partial charge is 0.323 e. The van der Waals surface area contributed by atoms with Crippen LogP contribution in [-0.2, 0) is 22.6 Å². The van der Waals surface area contributed by atoms with Gasteiger partial charge in [-0.25, -0.2) is 8.78 Å². The van der Waals surface area contributed by atoms with Crippen molar-refractivity contribution < 1.29 is 18.4 Å². The van der Waals surface area contributed by atoms with Crippen LogP contribution in [0.5, 0.6) is 0 Å². The predicted octanol–water partition coefficient (Wildman–Crippen LogP) is 2.99. The minimum Gasteiger partial charge on any atom is -0.323 e. The number of halogens is 3. The molecule has 1 unspecified atom stereocenters. The second-order valence-electron chi connectivity index (χ2n) is 9.02. The highest BCUT2D eigenvalue weighted by Gasteiger charge is 2.34. The summed E-state index contributed by atoms with van der Waals surface area (Å²) in [7, 11) is 0. The first-order valence-corrected chi connectivity index (χ1v) is 11.8. The van der Waals surface area contributed by atoms with Crippen LogP contribution in [0.1, 0.15) is 56.1 Å². The Hall–Kier alpha value is -1.61. The Kier molecular flexibility index (Phi) is 8.99. The Morgan fingerprint density at radius 2 is 1.81 bits per heavy atom. The SMILES string of the molecule is NC(Cc1ccc(Cl)cc1CN1CCC[C@H]1C(=O)NC(=O)[C@H](N)C1CCCCC1)C(F)F. The van der Waals surface area contributed by atoms with Gasteiger partial charge in [-0.2, -0.15) is 0 Å². The molecule has 2 aliphatic rings. The van der Waals surface area contributed by atoms with E-state index in [-0.39, 0.29) is 18.2 Å². The average Bonchev–Trinajstić information content (AvgIpc) is 3.23. The molecule has 3 atom stereocenters. The van der Waals surface area contributed by atoms with Gasteiger partial charge in [0, 0.05) is 11.6 Å². The van der Waals surface area contributed by atoms with Gasteiger partial charge in [-0.3, -0.25) is 19.8 Å². The van der Waals surface area contributed by atoms with Crippen LogP contribution in [0, 0.1) is 5.92 Å². The number of benzene rings is 1. The quantitative estimate of drug-likeness (QED) is 0.542. The lowest BCUT2D eigenvalue weighted by atomic mass is 9.84. The van der Waals surface area contributed by atoms with Crippen LogP contribution in [0.2, 0.25) is 5.02 Å². The summed E-state index contributed by atoms with van der Waals surface area (Å²) in [5.41, 5.74) is 13.2. The van der Waals surface area contributed by atoms with E-state index >= 15 is 0 Å². The Labute approximate surface area is 193 Å². The van der Waals surface area contributed by atoms with Crippen molar-refractivity contribution in [2.24, 2.45) is 17.4 Å². The zero-order valence-electron chi connectivity index (χ0n) is 18.2. The van der Waals surface area contributed by atoms with Gasteiger partial charge in [-0.1, -0.05) is 36.9 Å². The lowest BCUT2D eigenvalue weighted by Crippen LogP contribution is -2.52. The van der Waals surface area contributed by atoms with Gasteiger partial charge in [-0.15, -0.1) is 0 Å². The monoisotopic (exact) mass is 470 g/mol. The first-order chi connectivity index (χ1) is 15.3. The van der Waals surface area contributed by atoms with E-state index in [1.165, 1.54) is 0 Å². The summed E-state index contributed by atoms with van der Waals surface area (Å²) < 4.78 is 25.9. The van der Waals surface area contributed by atoms with E-state index in [4.69, 9.17) is 23.1 Å². The maximum absolute atomic E-state index is 13.0. The summed E-state index contributed by atoms with van der Waals surface area (Å²) in [5.74, 6) is -0.656. The number of amides is 2. The normalized spacial score (nSPS) is 22.1. The molecule has 0 spiro atoms. The number of likely N-dealkylation sites (tertiary alicyclic amines) is 1. The third-order valence-corrected chi connectivity index (χ3v) is 6.93. The summed E-state index contributed by atoms with van der Waals surface area (Å²) in [6.07, 6.45) is 3.92. The lowest BCUT2D eigenvalue weighted by molar-refractivity contribution is -0.134. The summed E-state index contributed by atoms with van der Waals surface area (Å²) in [5, 5.41) is 3.01. The third kappa shape index (κ3) is 6.47. The minimum atomic E-state index is -2.62. The van der Waals surface area contributed by atoms with Crippen molar-refractivity contribution in [2.75, 3.05) is 6.54 Å². The number of alkyl halides is 2. The Morgan fingerprint density at radius 3 is 2.50 bits per heavy atom. The molecular weight excluding hydrogens is 438 g/mol. The van der Waals surface area contributed by atoms with Crippen LogP contribution >= 0.6 is 11.6 Å². The fourth-order valence-corrected chi connectivity index (χ4v) is 5.01. The molecule has 6 nitrogen and oxygen atoms in total. The predicted molar refractivity (Wildman–Crippen MR) is 120 cm³/mol. The first-order valence-electron chi connectivity index (χ1n) is 11.4. The van der Waals surface area contributed by atoms with Gasteiger partial charge in [0.15, 0.2) is 0 Å². The van der Waals surface area contributed by atoms with Crippen LogP contribution in [0.25, 0.3) is 0 Å². The molecule has 1 heterocycles. The van der Waals surface area contributed by atoms with Crippen molar-refractivity contribution >= 4 is 23.4 Å². The number of nitrogens with two attached hydrogens (primary N) is 2. The molecule has 1 saturated heterocycles. The maximum Gasteiger partial charge on any atom is 0.253 e. The van der Waals surface area contributed by atoms with Crippen molar-refractivity contribution in [3.8, 4) is 0 Å². The second-order valence-corrected chi connectivity index (χ2v) is 9.46. The van der Waals surface area contributed by atoms with Crippen LogP contribution < -0.4 is 16.8 Å². The number of nitrogens with one attached hydrogen (secondary N) is 1. The molecule has 0 bridgehead atoms. The number of nitrogens with zero attached hydrogens (tertiary/aromatic N) is 1. The average molecular weight is 471 g/mol. The smallest absolute Gasteiger partial charge is 0.253 e. The summed E-state index contributed by atoms with van der Waals surface area (Å²) >= 11 is 6.14. The van der Waals surface area contributed by atoms with E-state index in [2.05, 4.69) is 5.32 Å². The molecule has 5 N–H and O–H groups in total. The van der Waals surface area contributed by atoms with Crippen molar-refractivity contribution in [3.63, 3.8) is 0 Å². The van der Waals surface area contributed by atoms with E-state index in [9.17, 15) is 18.4 Å². The maximum atomic E-state index is 13.0. The van der Waals surface area contributed by atoms with Gasteiger partial charge in [0.05, 0.1) is 18.1 Å². The number of imide groups is 1. The standard InChI is InChI=1S/C23H33ClF2N4O2/c24-17-9-8-15(12-18(27)21(25)26)16(11-17)13-30-10-4-7-19(30)22(31)29-23(32)20(28)14-5-2-1-3-6-14/h8-9,11,14,18-21H,1-7,10,12-13,27-28H2,(H,29,31,32)/t18?,19-,20+/m0/s1. The minimum absolute atomic E-state index is 0.0175. The molecule has 0 aromatic heterocycles. The third-order valence-electron chi connectivity index (χ3n) is 6.69. The highest BCUT2D eigenvalue weighted by atomic mass is 35.5. The van der Waals surface area contributed by atoms with Gasteiger partial charge < -0.3 is 11.5 Å². The van der Waals surface area contributed by atoms with Gasteiger partial charge in [-0.05, 0) is 67.8 Å². The van der Waals surface area contributed by atoms with E-state index in [1.807, 2.05) is 4.90 Å². The molecule has 1 aliphatic heterocycles. The topological polar surface area (TPSA) is 101 Å². The first kappa shape index (κ1) is 25.0. The number of carbonyl (C=O) groups excluding carboxylic acids is 2. The molecule has 1 aromatic rings. The highest BCUT2D eigenvalue weighted by Crippen LogP contribution is 2.27. The van der Waals surface area contributed by atoms with E-state index in [0.717, 1.165) is 44.1 Å². The zero-order chi connectivity index (χ0) is 23.3. The molecule has 1 aliphatic carbocycles. The number of carbonyl (C=O) groups is 2. The second kappa shape index (κ2) is 11.5. The van der Waals surface area contributed by atoms with Crippen molar-refractivity contribution in [3.05, 3.63) is 34.3 Å². The molecule has 3 rings (SSSR count). The molecule has 9 heteroatoms. The molecule has 178 valence electrons. The van der Waals surface area contributed by atoms with Crippen LogP contribution in [-0.4, -0.2) is 47.8 Å². The van der Waals surface area contributed by atoms with Gasteiger partial charge >= 0.3 is 0 Å². The van der Waals surface area contributed by atoms with Gasteiger partial charge in [0.2, 0.25) is 11.8 Å². The Balaban J connectivity index is 1.64. The number of hydrogen-bond acceptors (Lipinski definition) is 5. The molecule has 32 heavy (non-hydrogen) atoms. The van der Waals surface area contributed by atoms with Crippen LogP contribution in [0.3, 0.4) is 0 Å². The van der Waals surface area contributed by atoms with Crippen molar-refractivity contribution in [2.45, 2.75) is 82.5 Å². The van der Waals surface area contributed by atoms with Crippen LogP contribution in [0.4, 0.5) is 8.78 Å². The molecule has 2 fully saturated rings. The molecular formula is C23H33ClF2N4O2. The van der Waals surface area contributed by atoms with Gasteiger partial charge in [0.1, 0.15) is 0 Å². The number of rotatable bonds is 8. The molecule has 2 amide bonds. The van der Waals surface area contributed by atoms with Crippen molar-refractivity contribution in [1.29, 1.82) is 0 Å². The summed E-state index contributed by atoms with van der Waals surface area (Å²) in [6.45, 7) is 1.03. The Morgan fingerprint density at radius 1 is 1.09 bits per heavy atom. The van der Waals surface area contributed by atoms with E-state index < -0.39 is 30.5 Å². The molecule has 0 radical (unpaired) electrons. The fraction of sp³-hybridized carbons (Fsp3) is 0.652. The van der Waals surface area contributed by atoms with Crippen molar-refractivity contribution in [1.82, 2.24) is 10.2 Å². The Bertz CT molecular complexity index is 804.